The number of carbonyl (C=O) groups is 2. The second-order valence-corrected chi connectivity index (χ2v) is 7.75. The molecule has 1 saturated heterocycles. The molecule has 3 aromatic rings. The molecule has 1 aliphatic heterocycles. The van der Waals surface area contributed by atoms with E-state index in [9.17, 15) is 22.8 Å². The molecule has 34 heavy (non-hydrogen) atoms. The first-order valence-electron chi connectivity index (χ1n) is 10.7. The number of anilines is 2. The Kier molecular flexibility index (Phi) is 6.68. The van der Waals surface area contributed by atoms with Gasteiger partial charge < -0.3 is 19.9 Å². The third kappa shape index (κ3) is 5.45. The fourth-order valence-electron chi connectivity index (χ4n) is 3.67. The van der Waals surface area contributed by atoms with Gasteiger partial charge in [-0.2, -0.15) is 13.2 Å². The van der Waals surface area contributed by atoms with Crippen LogP contribution in [-0.2, 0) is 15.7 Å². The number of piperazine rings is 1. The number of benzene rings is 1. The number of alkyl halides is 3. The van der Waals surface area contributed by atoms with Crippen molar-refractivity contribution in [2.24, 2.45) is 0 Å². The quantitative estimate of drug-likeness (QED) is 0.528. The molecule has 1 fully saturated rings. The predicted octanol–water partition coefficient (Wildman–Crippen LogP) is 2.91. The largest absolute Gasteiger partial charge is 0.462 e. The first kappa shape index (κ1) is 23.5. The Balaban J connectivity index is 1.28. The van der Waals surface area contributed by atoms with Gasteiger partial charge in [0.05, 0.1) is 29.7 Å². The zero-order valence-corrected chi connectivity index (χ0v) is 18.4. The number of hydrogen-bond donors (Lipinski definition) is 2. The number of pyridine rings is 1. The number of halogens is 3. The summed E-state index contributed by atoms with van der Waals surface area (Å²) in [6.45, 7) is 4.75. The molecule has 0 saturated carbocycles. The summed E-state index contributed by atoms with van der Waals surface area (Å²) in [6.07, 6.45) is -3.08. The number of aromatic amines is 1. The second kappa shape index (κ2) is 9.67. The van der Waals surface area contributed by atoms with Crippen LogP contribution in [0.15, 0.2) is 36.5 Å². The van der Waals surface area contributed by atoms with E-state index >= 15 is 0 Å². The molecule has 2 aromatic heterocycles. The molecule has 0 unspecified atom stereocenters. The maximum Gasteiger partial charge on any atom is 0.449 e. The van der Waals surface area contributed by atoms with Crippen molar-refractivity contribution < 1.29 is 27.5 Å². The molecule has 0 atom stereocenters. The normalized spacial score (nSPS) is 14.9. The Labute approximate surface area is 192 Å². The molecule has 0 bridgehead atoms. The molecule has 9 nitrogen and oxygen atoms in total. The summed E-state index contributed by atoms with van der Waals surface area (Å²) < 4.78 is 43.4. The van der Waals surface area contributed by atoms with Gasteiger partial charge in [-0.05, 0) is 37.3 Å². The van der Waals surface area contributed by atoms with Gasteiger partial charge in [0.25, 0.3) is 0 Å². The summed E-state index contributed by atoms with van der Waals surface area (Å²) in [5.74, 6) is -1.01. The smallest absolute Gasteiger partial charge is 0.449 e. The van der Waals surface area contributed by atoms with E-state index in [0.29, 0.717) is 44.0 Å². The summed E-state index contributed by atoms with van der Waals surface area (Å²) in [6, 6.07) is 7.82. The molecular formula is C22H23F3N6O3. The molecular weight excluding hydrogens is 453 g/mol. The van der Waals surface area contributed by atoms with Crippen molar-refractivity contribution >= 4 is 34.4 Å². The van der Waals surface area contributed by atoms with Gasteiger partial charge in [0, 0.05) is 38.1 Å². The van der Waals surface area contributed by atoms with Crippen molar-refractivity contribution in [2.45, 2.75) is 13.1 Å². The van der Waals surface area contributed by atoms with Gasteiger partial charge in [0.15, 0.2) is 0 Å². The maximum absolute atomic E-state index is 12.8. The average Bonchev–Trinajstić information content (AvgIpc) is 3.24. The lowest BCUT2D eigenvalue weighted by atomic mass is 10.2. The third-order valence-electron chi connectivity index (χ3n) is 5.36. The average molecular weight is 476 g/mol. The van der Waals surface area contributed by atoms with Crippen molar-refractivity contribution in [2.75, 3.05) is 49.5 Å². The van der Waals surface area contributed by atoms with Gasteiger partial charge in [-0.1, -0.05) is 0 Å². The number of rotatable bonds is 6. The minimum Gasteiger partial charge on any atom is -0.462 e. The number of ether oxygens (including phenoxy) is 1. The number of amides is 1. The van der Waals surface area contributed by atoms with E-state index in [1.165, 1.54) is 24.4 Å². The van der Waals surface area contributed by atoms with Crippen LogP contribution < -0.4 is 10.2 Å². The molecule has 12 heteroatoms. The van der Waals surface area contributed by atoms with Crippen LogP contribution in [0.1, 0.15) is 23.1 Å². The highest BCUT2D eigenvalue weighted by atomic mass is 19.4. The Morgan fingerprint density at radius 3 is 2.56 bits per heavy atom. The predicted molar refractivity (Wildman–Crippen MR) is 119 cm³/mol. The SMILES string of the molecule is CCOC(=O)c1ccc(N2CCN(CC(=O)Nc3ccc4nc(C(F)(F)F)[nH]c4c3)CC2)nc1. The van der Waals surface area contributed by atoms with Gasteiger partial charge in [0.2, 0.25) is 11.7 Å². The molecule has 2 N–H and O–H groups in total. The number of aromatic nitrogens is 3. The lowest BCUT2D eigenvalue weighted by Crippen LogP contribution is -2.48. The molecule has 1 aromatic carbocycles. The van der Waals surface area contributed by atoms with E-state index in [4.69, 9.17) is 4.74 Å². The van der Waals surface area contributed by atoms with Crippen molar-refractivity contribution in [3.05, 3.63) is 47.9 Å². The fraction of sp³-hybridized carbons (Fsp3) is 0.364. The molecule has 0 spiro atoms. The van der Waals surface area contributed by atoms with Crippen molar-refractivity contribution in [3.8, 4) is 0 Å². The Morgan fingerprint density at radius 1 is 1.15 bits per heavy atom. The molecule has 4 rings (SSSR count). The van der Waals surface area contributed by atoms with Crippen LogP contribution in [0, 0.1) is 0 Å². The number of nitrogens with one attached hydrogen (secondary N) is 2. The van der Waals surface area contributed by atoms with E-state index in [2.05, 4.69) is 25.2 Å². The maximum atomic E-state index is 12.8. The van der Waals surface area contributed by atoms with Crippen LogP contribution in [0.4, 0.5) is 24.7 Å². The van der Waals surface area contributed by atoms with Gasteiger partial charge in [-0.25, -0.2) is 14.8 Å². The molecule has 180 valence electrons. The Morgan fingerprint density at radius 2 is 1.91 bits per heavy atom. The minimum atomic E-state index is -4.57. The van der Waals surface area contributed by atoms with Crippen molar-refractivity contribution in [1.29, 1.82) is 0 Å². The van der Waals surface area contributed by atoms with Gasteiger partial charge >= 0.3 is 12.1 Å². The monoisotopic (exact) mass is 476 g/mol. The van der Waals surface area contributed by atoms with Gasteiger partial charge in [-0.3, -0.25) is 9.69 Å². The number of fused-ring (bicyclic) bond motifs is 1. The summed E-state index contributed by atoms with van der Waals surface area (Å²) >= 11 is 0. The van der Waals surface area contributed by atoms with Crippen LogP contribution in [0.3, 0.4) is 0 Å². The number of hydrogen-bond acceptors (Lipinski definition) is 7. The van der Waals surface area contributed by atoms with E-state index in [1.807, 2.05) is 4.90 Å². The second-order valence-electron chi connectivity index (χ2n) is 7.75. The number of nitrogens with zero attached hydrogens (tertiary/aromatic N) is 4. The highest BCUT2D eigenvalue weighted by molar-refractivity contribution is 5.94. The molecule has 1 aliphatic rings. The summed E-state index contributed by atoms with van der Waals surface area (Å²) in [4.78, 5) is 38.3. The zero-order valence-electron chi connectivity index (χ0n) is 18.4. The first-order valence-corrected chi connectivity index (χ1v) is 10.7. The van der Waals surface area contributed by atoms with Crippen LogP contribution in [0.25, 0.3) is 11.0 Å². The topological polar surface area (TPSA) is 103 Å². The van der Waals surface area contributed by atoms with Crippen LogP contribution in [-0.4, -0.2) is 71.1 Å². The number of esters is 1. The Bertz CT molecular complexity index is 1170. The van der Waals surface area contributed by atoms with E-state index in [-0.39, 0.29) is 23.5 Å². The fourth-order valence-corrected chi connectivity index (χ4v) is 3.67. The highest BCUT2D eigenvalue weighted by Crippen LogP contribution is 2.29. The van der Waals surface area contributed by atoms with Crippen molar-refractivity contribution in [1.82, 2.24) is 19.9 Å². The summed E-state index contributed by atoms with van der Waals surface area (Å²) in [7, 11) is 0. The van der Waals surface area contributed by atoms with Crippen LogP contribution in [0.2, 0.25) is 0 Å². The van der Waals surface area contributed by atoms with Gasteiger partial charge in [-0.15, -0.1) is 0 Å². The summed E-state index contributed by atoms with van der Waals surface area (Å²) in [5.41, 5.74) is 1.15. The third-order valence-corrected chi connectivity index (χ3v) is 5.36. The molecule has 0 aliphatic carbocycles. The van der Waals surface area contributed by atoms with Gasteiger partial charge in [0.1, 0.15) is 5.82 Å². The summed E-state index contributed by atoms with van der Waals surface area (Å²) in [5, 5.41) is 2.72. The van der Waals surface area contributed by atoms with Crippen molar-refractivity contribution in [3.63, 3.8) is 0 Å². The molecule has 0 radical (unpaired) electrons. The van der Waals surface area contributed by atoms with E-state index < -0.39 is 18.0 Å². The Hall–Kier alpha value is -3.67. The zero-order chi connectivity index (χ0) is 24.3. The highest BCUT2D eigenvalue weighted by Gasteiger charge is 2.34. The standard InChI is InChI=1S/C22H23F3N6O3/c1-2-34-20(33)14-3-6-18(26-12-14)31-9-7-30(8-10-31)13-19(32)27-15-4-5-16-17(11-15)29-21(28-16)22(23,24)25/h3-6,11-12H,2,7-10,13H2,1H3,(H,27,32)(H,28,29). The number of H-pyrrole nitrogens is 1. The van der Waals surface area contributed by atoms with Crippen LogP contribution in [0.5, 0.6) is 0 Å². The molecule has 3 heterocycles. The molecule has 1 amide bonds. The minimum absolute atomic E-state index is 0.151. The number of carbonyl (C=O) groups excluding carboxylic acids is 2. The number of imidazole rings is 1. The lowest BCUT2D eigenvalue weighted by Gasteiger charge is -2.35. The van der Waals surface area contributed by atoms with Crippen LogP contribution >= 0.6 is 0 Å². The first-order chi connectivity index (χ1) is 16.2. The van der Waals surface area contributed by atoms with E-state index in [1.54, 1.807) is 19.1 Å². The lowest BCUT2D eigenvalue weighted by molar-refractivity contribution is -0.144. The van der Waals surface area contributed by atoms with E-state index in [0.717, 1.165) is 5.82 Å².